The van der Waals surface area contributed by atoms with Crippen LogP contribution in [0.4, 0.5) is 5.69 Å². The normalized spacial score (nSPS) is 14.3. The summed E-state index contributed by atoms with van der Waals surface area (Å²) in [6, 6.07) is 5.99. The lowest BCUT2D eigenvalue weighted by atomic mass is 10.1. The summed E-state index contributed by atoms with van der Waals surface area (Å²) in [6.45, 7) is 0. The van der Waals surface area contributed by atoms with Crippen LogP contribution in [0.1, 0.15) is 0 Å². The highest BCUT2D eigenvalue weighted by molar-refractivity contribution is 9.10. The molecule has 1 amide bonds. The van der Waals surface area contributed by atoms with E-state index in [2.05, 4.69) is 31.2 Å². The van der Waals surface area contributed by atoms with Gasteiger partial charge in [0.2, 0.25) is 5.91 Å². The van der Waals surface area contributed by atoms with Crippen LogP contribution in [0.25, 0.3) is 11.3 Å². The Kier molecular flexibility index (Phi) is 2.68. The number of nitrogens with one attached hydrogen (secondary N) is 2. The molecule has 0 atom stereocenters. The van der Waals surface area contributed by atoms with Gasteiger partial charge in [-0.2, -0.15) is 0 Å². The number of benzene rings is 1. The van der Waals surface area contributed by atoms with Crippen LogP contribution in [-0.2, 0) is 4.79 Å². The topological polar surface area (TPSA) is 57.8 Å². The number of carbonyl (C=O) groups excluding carboxylic acids is 1. The zero-order chi connectivity index (χ0) is 11.8. The molecule has 2 N–H and O–H groups in total. The lowest BCUT2D eigenvalue weighted by Gasteiger charge is -2.16. The lowest BCUT2D eigenvalue weighted by Crippen LogP contribution is -2.18. The van der Waals surface area contributed by atoms with Gasteiger partial charge in [-0.05, 0) is 28.1 Å². The summed E-state index contributed by atoms with van der Waals surface area (Å²) in [6.07, 6.45) is 1.75. The fourth-order valence-corrected chi connectivity index (χ4v) is 2.80. The molecule has 17 heavy (non-hydrogen) atoms. The number of hydrogen-bond donors (Lipinski definition) is 2. The number of halogens is 1. The number of nitrogens with zero attached hydrogens (tertiary/aromatic N) is 1. The van der Waals surface area contributed by atoms with E-state index in [1.807, 2.05) is 18.2 Å². The maximum atomic E-state index is 11.3. The molecule has 0 saturated heterocycles. The van der Waals surface area contributed by atoms with E-state index in [9.17, 15) is 4.79 Å². The Balaban J connectivity index is 2.03. The molecule has 86 valence electrons. The Bertz CT molecular complexity index is 596. The summed E-state index contributed by atoms with van der Waals surface area (Å²) in [5.41, 5.74) is 2.80. The van der Waals surface area contributed by atoms with E-state index in [-0.39, 0.29) is 5.91 Å². The number of aromatic amines is 1. The molecule has 6 heteroatoms. The molecule has 1 aromatic heterocycles. The standard InChI is InChI=1S/C11H8BrN3OS/c12-11-13-4-8(15-11)6-1-2-9-7(3-6)14-10(16)5-17-9/h1-4H,5H2,(H,13,15)(H,14,16). The molecule has 1 aliphatic rings. The third-order valence-electron chi connectivity index (χ3n) is 2.47. The number of hydrogen-bond acceptors (Lipinski definition) is 3. The molecule has 0 spiro atoms. The number of imidazole rings is 1. The van der Waals surface area contributed by atoms with Gasteiger partial charge in [-0.1, -0.05) is 6.07 Å². The van der Waals surface area contributed by atoms with Gasteiger partial charge in [-0.15, -0.1) is 11.8 Å². The van der Waals surface area contributed by atoms with E-state index in [1.165, 1.54) is 0 Å². The third kappa shape index (κ3) is 2.10. The fraction of sp³-hybridized carbons (Fsp3) is 0.0909. The second kappa shape index (κ2) is 4.19. The first-order valence-electron chi connectivity index (χ1n) is 5.00. The van der Waals surface area contributed by atoms with Crippen molar-refractivity contribution in [3.63, 3.8) is 0 Å². The second-order valence-corrected chi connectivity index (χ2v) is 5.40. The largest absolute Gasteiger partial charge is 0.333 e. The first-order valence-corrected chi connectivity index (χ1v) is 6.78. The van der Waals surface area contributed by atoms with Gasteiger partial charge in [-0.25, -0.2) is 4.98 Å². The first kappa shape index (κ1) is 10.9. The lowest BCUT2D eigenvalue weighted by molar-refractivity contribution is -0.113. The number of carbonyl (C=O) groups is 1. The quantitative estimate of drug-likeness (QED) is 0.851. The summed E-state index contributed by atoms with van der Waals surface area (Å²) in [5, 5.41) is 2.87. The van der Waals surface area contributed by atoms with Crippen molar-refractivity contribution in [3.05, 3.63) is 29.1 Å². The third-order valence-corrected chi connectivity index (χ3v) is 3.94. The number of H-pyrrole nitrogens is 1. The molecule has 0 radical (unpaired) electrons. The van der Waals surface area contributed by atoms with Gasteiger partial charge in [0, 0.05) is 10.5 Å². The van der Waals surface area contributed by atoms with Gasteiger partial charge in [0.25, 0.3) is 0 Å². The summed E-state index contributed by atoms with van der Waals surface area (Å²) in [4.78, 5) is 19.6. The summed E-state index contributed by atoms with van der Waals surface area (Å²) >= 11 is 4.83. The van der Waals surface area contributed by atoms with Crippen LogP contribution in [0, 0.1) is 0 Å². The predicted octanol–water partition coefficient (Wildman–Crippen LogP) is 2.88. The zero-order valence-electron chi connectivity index (χ0n) is 8.66. The maximum absolute atomic E-state index is 11.3. The van der Waals surface area contributed by atoms with Gasteiger partial charge in [0.1, 0.15) is 0 Å². The second-order valence-electron chi connectivity index (χ2n) is 3.64. The SMILES string of the molecule is O=C1CSc2ccc(-c3cnc(Br)[nH]3)cc2N1. The van der Waals surface area contributed by atoms with E-state index >= 15 is 0 Å². The van der Waals surface area contributed by atoms with Crippen LogP contribution >= 0.6 is 27.7 Å². The first-order chi connectivity index (χ1) is 8.22. The van der Waals surface area contributed by atoms with Gasteiger partial charge in [0.05, 0.1) is 23.3 Å². The average molecular weight is 310 g/mol. The summed E-state index contributed by atoms with van der Waals surface area (Å²) in [7, 11) is 0. The van der Waals surface area contributed by atoms with Crippen molar-refractivity contribution in [3.8, 4) is 11.3 Å². The molecule has 0 aliphatic carbocycles. The monoisotopic (exact) mass is 309 g/mol. The van der Waals surface area contributed by atoms with Crippen LogP contribution in [0.15, 0.2) is 34.0 Å². The molecule has 2 aromatic rings. The minimum atomic E-state index is 0.0467. The van der Waals surface area contributed by atoms with Crippen LogP contribution in [0.5, 0.6) is 0 Å². The molecule has 1 aromatic carbocycles. The van der Waals surface area contributed by atoms with Gasteiger partial charge < -0.3 is 10.3 Å². The Morgan fingerprint density at radius 3 is 3.06 bits per heavy atom. The minimum Gasteiger partial charge on any atom is -0.333 e. The highest BCUT2D eigenvalue weighted by Gasteiger charge is 2.16. The maximum Gasteiger partial charge on any atom is 0.234 e. The van der Waals surface area contributed by atoms with E-state index in [0.29, 0.717) is 10.5 Å². The minimum absolute atomic E-state index is 0.0467. The Labute approximate surface area is 110 Å². The van der Waals surface area contributed by atoms with Gasteiger partial charge >= 0.3 is 0 Å². The summed E-state index contributed by atoms with van der Waals surface area (Å²) in [5.74, 6) is 0.535. The number of amides is 1. The molecule has 1 aliphatic heterocycles. The van der Waals surface area contributed by atoms with E-state index in [0.717, 1.165) is 21.8 Å². The number of anilines is 1. The van der Waals surface area contributed by atoms with Crippen LogP contribution in [-0.4, -0.2) is 21.6 Å². The van der Waals surface area contributed by atoms with Crippen molar-refractivity contribution < 1.29 is 4.79 Å². The van der Waals surface area contributed by atoms with Crippen LogP contribution < -0.4 is 5.32 Å². The molecule has 0 fully saturated rings. The molecule has 2 heterocycles. The van der Waals surface area contributed by atoms with Crippen molar-refractivity contribution in [1.29, 1.82) is 0 Å². The molecule has 4 nitrogen and oxygen atoms in total. The number of rotatable bonds is 1. The fourth-order valence-electron chi connectivity index (χ4n) is 1.69. The van der Waals surface area contributed by atoms with Crippen molar-refractivity contribution in [2.75, 3.05) is 11.1 Å². The number of fused-ring (bicyclic) bond motifs is 1. The molecule has 0 bridgehead atoms. The smallest absolute Gasteiger partial charge is 0.234 e. The van der Waals surface area contributed by atoms with Gasteiger partial charge in [0.15, 0.2) is 4.73 Å². The van der Waals surface area contributed by atoms with Gasteiger partial charge in [-0.3, -0.25) is 4.79 Å². The van der Waals surface area contributed by atoms with Crippen molar-refractivity contribution in [2.45, 2.75) is 4.90 Å². The molecular weight excluding hydrogens is 302 g/mol. The molecule has 0 saturated carbocycles. The van der Waals surface area contributed by atoms with Crippen molar-refractivity contribution in [2.24, 2.45) is 0 Å². The van der Waals surface area contributed by atoms with Crippen molar-refractivity contribution in [1.82, 2.24) is 9.97 Å². The number of thioether (sulfide) groups is 1. The van der Waals surface area contributed by atoms with E-state index in [1.54, 1.807) is 18.0 Å². The Hall–Kier alpha value is -1.27. The highest BCUT2D eigenvalue weighted by Crippen LogP contribution is 2.34. The zero-order valence-corrected chi connectivity index (χ0v) is 11.1. The van der Waals surface area contributed by atoms with Crippen molar-refractivity contribution >= 4 is 39.3 Å². The van der Waals surface area contributed by atoms with Crippen LogP contribution in [0.2, 0.25) is 0 Å². The predicted molar refractivity (Wildman–Crippen MR) is 71.1 cm³/mol. The summed E-state index contributed by atoms with van der Waals surface area (Å²) < 4.78 is 0.698. The van der Waals surface area contributed by atoms with E-state index in [4.69, 9.17) is 0 Å². The molecule has 0 unspecified atom stereocenters. The van der Waals surface area contributed by atoms with E-state index < -0.39 is 0 Å². The molecule has 3 rings (SSSR count). The Morgan fingerprint density at radius 1 is 1.41 bits per heavy atom. The molecular formula is C11H8BrN3OS. The highest BCUT2D eigenvalue weighted by atomic mass is 79.9. The Morgan fingerprint density at radius 2 is 2.29 bits per heavy atom. The average Bonchev–Trinajstić information content (AvgIpc) is 2.75. The van der Waals surface area contributed by atoms with Crippen LogP contribution in [0.3, 0.4) is 0 Å². The number of aromatic nitrogens is 2.